The van der Waals surface area contributed by atoms with Gasteiger partial charge in [0.2, 0.25) is 0 Å². The van der Waals surface area contributed by atoms with Gasteiger partial charge in [-0.3, -0.25) is 4.90 Å². The van der Waals surface area contributed by atoms with Gasteiger partial charge in [-0.2, -0.15) is 13.2 Å². The van der Waals surface area contributed by atoms with Crippen LogP contribution >= 0.6 is 0 Å². The molecule has 0 spiro atoms. The number of halogens is 3. The molecular weight excluding hydrogens is 243 g/mol. The minimum atomic E-state index is -4.09. The van der Waals surface area contributed by atoms with Crippen molar-refractivity contribution in [2.24, 2.45) is 5.92 Å². The van der Waals surface area contributed by atoms with Gasteiger partial charge in [0.25, 0.3) is 0 Å². The number of hydrogen-bond donors (Lipinski definition) is 1. The van der Waals surface area contributed by atoms with E-state index in [4.69, 9.17) is 5.73 Å². The van der Waals surface area contributed by atoms with Crippen LogP contribution in [0.15, 0.2) is 18.3 Å². The van der Waals surface area contributed by atoms with E-state index >= 15 is 0 Å². The van der Waals surface area contributed by atoms with Gasteiger partial charge in [0, 0.05) is 19.3 Å². The zero-order valence-electron chi connectivity index (χ0n) is 9.95. The Morgan fingerprint density at radius 1 is 1.39 bits per heavy atom. The molecule has 0 saturated carbocycles. The Morgan fingerprint density at radius 3 is 2.78 bits per heavy atom. The molecule has 0 aromatic carbocycles. The van der Waals surface area contributed by atoms with Gasteiger partial charge in [-0.05, 0) is 31.0 Å². The number of hydrogen-bond acceptors (Lipinski definition) is 3. The van der Waals surface area contributed by atoms with Crippen molar-refractivity contribution in [3.05, 3.63) is 23.9 Å². The van der Waals surface area contributed by atoms with E-state index in [1.165, 1.54) is 0 Å². The lowest BCUT2D eigenvalue weighted by Gasteiger charge is -2.33. The average Bonchev–Trinajstić information content (AvgIpc) is 2.31. The van der Waals surface area contributed by atoms with Crippen molar-refractivity contribution in [1.29, 1.82) is 0 Å². The third kappa shape index (κ3) is 3.35. The first-order chi connectivity index (χ1) is 8.45. The summed E-state index contributed by atoms with van der Waals surface area (Å²) in [6.07, 6.45) is -1.64. The fourth-order valence-corrected chi connectivity index (χ4v) is 2.25. The molecule has 1 saturated heterocycles. The van der Waals surface area contributed by atoms with E-state index in [1.54, 1.807) is 18.3 Å². The van der Waals surface area contributed by atoms with Crippen LogP contribution in [0.5, 0.6) is 0 Å². The second kappa shape index (κ2) is 5.14. The summed E-state index contributed by atoms with van der Waals surface area (Å²) in [5.74, 6) is -0.779. The number of nitrogens with two attached hydrogens (primary N) is 1. The third-order valence-electron chi connectivity index (χ3n) is 3.22. The Kier molecular flexibility index (Phi) is 3.75. The van der Waals surface area contributed by atoms with Crippen molar-refractivity contribution < 1.29 is 13.2 Å². The number of aromatic nitrogens is 1. The maximum atomic E-state index is 12.7. The van der Waals surface area contributed by atoms with E-state index in [0.29, 0.717) is 25.3 Å². The smallest absolute Gasteiger partial charge is 0.384 e. The maximum Gasteiger partial charge on any atom is 0.393 e. The van der Waals surface area contributed by atoms with Crippen molar-refractivity contribution >= 4 is 5.82 Å². The van der Waals surface area contributed by atoms with Crippen LogP contribution in [0, 0.1) is 5.92 Å². The molecule has 1 fully saturated rings. The lowest BCUT2D eigenvalue weighted by Crippen LogP contribution is -2.41. The first-order valence-corrected chi connectivity index (χ1v) is 5.94. The summed E-state index contributed by atoms with van der Waals surface area (Å²) in [6, 6.07) is 3.47. The molecule has 100 valence electrons. The molecule has 18 heavy (non-hydrogen) atoms. The number of anilines is 1. The standard InChI is InChI=1S/C12H16F3N3/c13-12(14,15)10-2-1-5-18(8-10)7-9-3-4-11(16)17-6-9/h3-4,6,10H,1-2,5,7-8H2,(H2,16,17). The van der Waals surface area contributed by atoms with Crippen LogP contribution in [0.3, 0.4) is 0 Å². The molecule has 0 aliphatic carbocycles. The zero-order valence-corrected chi connectivity index (χ0v) is 9.95. The summed E-state index contributed by atoms with van der Waals surface area (Å²) in [7, 11) is 0. The zero-order chi connectivity index (χ0) is 13.2. The molecular formula is C12H16F3N3. The molecule has 1 aliphatic rings. The van der Waals surface area contributed by atoms with Crippen LogP contribution in [0.1, 0.15) is 18.4 Å². The van der Waals surface area contributed by atoms with E-state index in [-0.39, 0.29) is 13.0 Å². The highest BCUT2D eigenvalue weighted by Crippen LogP contribution is 2.33. The second-order valence-corrected chi connectivity index (χ2v) is 4.71. The monoisotopic (exact) mass is 259 g/mol. The van der Waals surface area contributed by atoms with Crippen molar-refractivity contribution in [3.63, 3.8) is 0 Å². The molecule has 0 radical (unpaired) electrons. The van der Waals surface area contributed by atoms with Crippen LogP contribution in [0.4, 0.5) is 19.0 Å². The van der Waals surface area contributed by atoms with E-state index in [9.17, 15) is 13.2 Å². The molecule has 0 amide bonds. The number of nitrogen functional groups attached to an aromatic ring is 1. The van der Waals surface area contributed by atoms with Crippen LogP contribution in [-0.2, 0) is 6.54 Å². The predicted octanol–water partition coefficient (Wildman–Crippen LogP) is 2.44. The van der Waals surface area contributed by atoms with Gasteiger partial charge in [0.05, 0.1) is 5.92 Å². The highest BCUT2D eigenvalue weighted by Gasteiger charge is 2.41. The van der Waals surface area contributed by atoms with Crippen LogP contribution < -0.4 is 5.73 Å². The van der Waals surface area contributed by atoms with Gasteiger partial charge in [0.1, 0.15) is 5.82 Å². The summed E-state index contributed by atoms with van der Waals surface area (Å²) in [6.45, 7) is 1.28. The molecule has 2 heterocycles. The quantitative estimate of drug-likeness (QED) is 0.887. The SMILES string of the molecule is Nc1ccc(CN2CCCC(C(F)(F)F)C2)cn1. The Hall–Kier alpha value is -1.30. The minimum absolute atomic E-state index is 0.0773. The second-order valence-electron chi connectivity index (χ2n) is 4.71. The van der Waals surface area contributed by atoms with E-state index < -0.39 is 12.1 Å². The predicted molar refractivity (Wildman–Crippen MR) is 62.7 cm³/mol. The minimum Gasteiger partial charge on any atom is -0.384 e. The van der Waals surface area contributed by atoms with Crippen LogP contribution in [0.25, 0.3) is 0 Å². The normalized spacial score (nSPS) is 22.1. The number of nitrogens with zero attached hydrogens (tertiary/aromatic N) is 2. The molecule has 1 atom stereocenters. The number of alkyl halides is 3. The molecule has 1 aromatic heterocycles. The first-order valence-electron chi connectivity index (χ1n) is 5.94. The lowest BCUT2D eigenvalue weighted by atomic mass is 9.97. The molecule has 6 heteroatoms. The Balaban J connectivity index is 1.95. The summed E-state index contributed by atoms with van der Waals surface area (Å²) < 4.78 is 38.0. The molecule has 2 rings (SSSR count). The third-order valence-corrected chi connectivity index (χ3v) is 3.22. The summed E-state index contributed by atoms with van der Waals surface area (Å²) in [5, 5.41) is 0. The fourth-order valence-electron chi connectivity index (χ4n) is 2.25. The number of rotatable bonds is 2. The van der Waals surface area contributed by atoms with E-state index in [1.807, 2.05) is 4.90 Å². The topological polar surface area (TPSA) is 42.1 Å². The molecule has 1 aromatic rings. The van der Waals surface area contributed by atoms with Gasteiger partial charge < -0.3 is 5.73 Å². The molecule has 0 bridgehead atoms. The van der Waals surface area contributed by atoms with Gasteiger partial charge in [-0.15, -0.1) is 0 Å². The van der Waals surface area contributed by atoms with Gasteiger partial charge in [-0.25, -0.2) is 4.98 Å². The fraction of sp³-hybridized carbons (Fsp3) is 0.583. The molecule has 3 nitrogen and oxygen atoms in total. The summed E-state index contributed by atoms with van der Waals surface area (Å²) in [5.41, 5.74) is 6.36. The highest BCUT2D eigenvalue weighted by atomic mass is 19.4. The van der Waals surface area contributed by atoms with Crippen molar-refractivity contribution in [3.8, 4) is 0 Å². The van der Waals surface area contributed by atoms with E-state index in [0.717, 1.165) is 5.56 Å². The van der Waals surface area contributed by atoms with Gasteiger partial charge in [0.15, 0.2) is 0 Å². The number of piperidine rings is 1. The van der Waals surface area contributed by atoms with Crippen LogP contribution in [-0.4, -0.2) is 29.1 Å². The maximum absolute atomic E-state index is 12.7. The van der Waals surface area contributed by atoms with Crippen molar-refractivity contribution in [1.82, 2.24) is 9.88 Å². The molecule has 1 unspecified atom stereocenters. The summed E-state index contributed by atoms with van der Waals surface area (Å²) in [4.78, 5) is 5.77. The summed E-state index contributed by atoms with van der Waals surface area (Å²) >= 11 is 0. The first kappa shape index (κ1) is 13.1. The van der Waals surface area contributed by atoms with Crippen molar-refractivity contribution in [2.75, 3.05) is 18.8 Å². The molecule has 2 N–H and O–H groups in total. The molecule has 1 aliphatic heterocycles. The van der Waals surface area contributed by atoms with Crippen LogP contribution in [0.2, 0.25) is 0 Å². The number of pyridine rings is 1. The van der Waals surface area contributed by atoms with Gasteiger partial charge in [-0.1, -0.05) is 6.07 Å². The Morgan fingerprint density at radius 2 is 2.17 bits per heavy atom. The van der Waals surface area contributed by atoms with E-state index in [2.05, 4.69) is 4.98 Å². The number of likely N-dealkylation sites (tertiary alicyclic amines) is 1. The Labute approximate surface area is 104 Å². The largest absolute Gasteiger partial charge is 0.393 e. The van der Waals surface area contributed by atoms with Crippen molar-refractivity contribution in [2.45, 2.75) is 25.6 Å². The average molecular weight is 259 g/mol. The van der Waals surface area contributed by atoms with Gasteiger partial charge >= 0.3 is 6.18 Å². The highest BCUT2D eigenvalue weighted by molar-refractivity contribution is 5.29. The Bertz CT molecular complexity index is 389. The lowest BCUT2D eigenvalue weighted by molar-refractivity contribution is -0.187.